The van der Waals surface area contributed by atoms with Crippen LogP contribution in [0.4, 0.5) is 5.69 Å². The van der Waals surface area contributed by atoms with E-state index in [1.165, 1.54) is 5.56 Å². The number of hydrogen-bond donors (Lipinski definition) is 1. The average molecular weight is 512 g/mol. The van der Waals surface area contributed by atoms with Gasteiger partial charge in [0, 0.05) is 14.7 Å². The Balaban J connectivity index is 1.66. The van der Waals surface area contributed by atoms with Gasteiger partial charge in [0.25, 0.3) is 5.91 Å². The van der Waals surface area contributed by atoms with Gasteiger partial charge in [-0.2, -0.15) is 0 Å². The van der Waals surface area contributed by atoms with Crippen molar-refractivity contribution in [2.24, 2.45) is 0 Å². The Labute approximate surface area is 188 Å². The number of carbonyl (C=O) groups is 1. The van der Waals surface area contributed by atoms with E-state index < -0.39 is 0 Å². The lowest BCUT2D eigenvalue weighted by Gasteiger charge is -2.19. The van der Waals surface area contributed by atoms with Crippen molar-refractivity contribution in [3.63, 3.8) is 0 Å². The number of amides is 1. The molecule has 0 spiro atoms. The highest BCUT2D eigenvalue weighted by atomic mass is 127. The first-order valence-corrected chi connectivity index (χ1v) is 11.3. The maximum atomic E-state index is 12.9. The third-order valence-electron chi connectivity index (χ3n) is 4.77. The zero-order valence-electron chi connectivity index (χ0n) is 16.5. The maximum absolute atomic E-state index is 12.9. The summed E-state index contributed by atoms with van der Waals surface area (Å²) in [6.07, 6.45) is 0. The van der Waals surface area contributed by atoms with Crippen molar-refractivity contribution in [2.75, 3.05) is 5.32 Å². The summed E-state index contributed by atoms with van der Waals surface area (Å²) in [5.41, 5.74) is 4.60. The summed E-state index contributed by atoms with van der Waals surface area (Å²) in [6, 6.07) is 21.9. The van der Waals surface area contributed by atoms with Gasteiger partial charge in [0.15, 0.2) is 0 Å². The van der Waals surface area contributed by atoms with E-state index >= 15 is 0 Å². The lowest BCUT2D eigenvalue weighted by Crippen LogP contribution is -2.14. The predicted octanol–water partition coefficient (Wildman–Crippen LogP) is 7.12. The molecule has 1 N–H and O–H groups in total. The highest BCUT2D eigenvalue weighted by molar-refractivity contribution is 14.1. The van der Waals surface area contributed by atoms with E-state index in [2.05, 4.69) is 60.8 Å². The second-order valence-electron chi connectivity index (χ2n) is 7.96. The molecule has 3 aromatic carbocycles. The molecule has 0 atom stereocenters. The average Bonchev–Trinajstić information content (AvgIpc) is 3.13. The summed E-state index contributed by atoms with van der Waals surface area (Å²) >= 11 is 3.92. The highest BCUT2D eigenvalue weighted by Gasteiger charge is 2.16. The number of nitrogens with zero attached hydrogens (tertiary/aromatic N) is 1. The first kappa shape index (κ1) is 20.0. The molecule has 0 aliphatic heterocycles. The van der Waals surface area contributed by atoms with Gasteiger partial charge >= 0.3 is 0 Å². The Morgan fingerprint density at radius 3 is 2.41 bits per heavy atom. The first-order valence-electron chi connectivity index (χ1n) is 9.39. The topological polar surface area (TPSA) is 42.0 Å². The van der Waals surface area contributed by atoms with Gasteiger partial charge in [-0.05, 0) is 76.0 Å². The Morgan fingerprint density at radius 2 is 1.72 bits per heavy atom. The number of nitrogens with one attached hydrogen (secondary N) is 1. The molecule has 4 rings (SSSR count). The van der Waals surface area contributed by atoms with E-state index in [1.54, 1.807) is 11.3 Å². The van der Waals surface area contributed by atoms with Crippen molar-refractivity contribution in [2.45, 2.75) is 26.2 Å². The van der Waals surface area contributed by atoms with E-state index in [1.807, 2.05) is 54.6 Å². The number of aromatic nitrogens is 1. The summed E-state index contributed by atoms with van der Waals surface area (Å²) in [4.78, 5) is 17.7. The highest BCUT2D eigenvalue weighted by Crippen LogP contribution is 2.35. The molecule has 0 saturated carbocycles. The van der Waals surface area contributed by atoms with E-state index in [0.29, 0.717) is 5.56 Å². The molecular formula is C24H21IN2OS. The third kappa shape index (κ3) is 4.36. The monoisotopic (exact) mass is 512 g/mol. The van der Waals surface area contributed by atoms with Gasteiger partial charge in [-0.15, -0.1) is 11.3 Å². The first-order chi connectivity index (χ1) is 13.8. The minimum absolute atomic E-state index is 0.0607. The number of carbonyl (C=O) groups excluding carboxylic acids is 1. The molecule has 0 aliphatic carbocycles. The quantitative estimate of drug-likeness (QED) is 0.297. The van der Waals surface area contributed by atoms with Crippen LogP contribution in [0.25, 0.3) is 20.8 Å². The van der Waals surface area contributed by atoms with Crippen molar-refractivity contribution in [1.29, 1.82) is 0 Å². The molecule has 0 fully saturated rings. The van der Waals surface area contributed by atoms with E-state index in [9.17, 15) is 4.79 Å². The molecule has 0 bridgehead atoms. The van der Waals surface area contributed by atoms with Crippen molar-refractivity contribution < 1.29 is 4.79 Å². The van der Waals surface area contributed by atoms with Crippen LogP contribution in [0.5, 0.6) is 0 Å². The Kier molecular flexibility index (Phi) is 5.44. The minimum atomic E-state index is -0.117. The Morgan fingerprint density at radius 1 is 1.00 bits per heavy atom. The van der Waals surface area contributed by atoms with Crippen LogP contribution in [0.2, 0.25) is 0 Å². The Bertz CT molecular complexity index is 1160. The third-order valence-corrected chi connectivity index (χ3v) is 6.51. The van der Waals surface area contributed by atoms with Gasteiger partial charge in [-0.25, -0.2) is 4.98 Å². The molecule has 146 valence electrons. The molecule has 0 unspecified atom stereocenters. The fourth-order valence-electron chi connectivity index (χ4n) is 3.11. The molecule has 0 saturated heterocycles. The van der Waals surface area contributed by atoms with Gasteiger partial charge < -0.3 is 5.32 Å². The largest absolute Gasteiger partial charge is 0.321 e. The summed E-state index contributed by atoms with van der Waals surface area (Å²) < 4.78 is 2.24. The molecule has 1 heterocycles. The minimum Gasteiger partial charge on any atom is -0.321 e. The number of para-hydroxylation sites is 1. The fourth-order valence-corrected chi connectivity index (χ4v) is 4.59. The van der Waals surface area contributed by atoms with Crippen LogP contribution < -0.4 is 5.32 Å². The lowest BCUT2D eigenvalue weighted by molar-refractivity contribution is 0.102. The predicted molar refractivity (Wildman–Crippen MR) is 131 cm³/mol. The molecule has 29 heavy (non-hydrogen) atoms. The number of rotatable bonds is 3. The Hall–Kier alpha value is -2.25. The molecule has 0 aliphatic rings. The maximum Gasteiger partial charge on any atom is 0.255 e. The van der Waals surface area contributed by atoms with Crippen LogP contribution in [0, 0.1) is 3.57 Å². The molecular weight excluding hydrogens is 491 g/mol. The van der Waals surface area contributed by atoms with Gasteiger partial charge in [-0.1, -0.05) is 45.0 Å². The zero-order valence-corrected chi connectivity index (χ0v) is 19.5. The standard InChI is InChI=1S/C24H21IN2OS/c1-24(2,3)16-10-8-15(9-11-16)22(28)26-19-13-12-17(25)14-18(19)23-27-20-6-4-5-7-21(20)29-23/h4-14H,1-3H3,(H,26,28). The van der Waals surface area contributed by atoms with Gasteiger partial charge in [0.05, 0.1) is 15.9 Å². The van der Waals surface area contributed by atoms with Crippen molar-refractivity contribution >= 4 is 55.7 Å². The molecule has 0 radical (unpaired) electrons. The van der Waals surface area contributed by atoms with Crippen LogP contribution in [0.15, 0.2) is 66.7 Å². The van der Waals surface area contributed by atoms with Crippen molar-refractivity contribution in [3.05, 3.63) is 81.4 Å². The van der Waals surface area contributed by atoms with Gasteiger partial charge in [0.1, 0.15) is 5.01 Å². The number of benzene rings is 3. The lowest BCUT2D eigenvalue weighted by atomic mass is 9.87. The summed E-state index contributed by atoms with van der Waals surface area (Å²) in [6.45, 7) is 6.49. The summed E-state index contributed by atoms with van der Waals surface area (Å²) in [5.74, 6) is -0.117. The van der Waals surface area contributed by atoms with Gasteiger partial charge in [-0.3, -0.25) is 4.79 Å². The van der Waals surface area contributed by atoms with E-state index in [0.717, 1.165) is 30.0 Å². The van der Waals surface area contributed by atoms with Crippen LogP contribution in [-0.2, 0) is 5.41 Å². The number of fused-ring (bicyclic) bond motifs is 1. The molecule has 1 aromatic heterocycles. The van der Waals surface area contributed by atoms with Crippen LogP contribution in [-0.4, -0.2) is 10.9 Å². The number of thiazole rings is 1. The molecule has 5 heteroatoms. The smallest absolute Gasteiger partial charge is 0.255 e. The van der Waals surface area contributed by atoms with Gasteiger partial charge in [0.2, 0.25) is 0 Å². The van der Waals surface area contributed by atoms with E-state index in [4.69, 9.17) is 4.98 Å². The van der Waals surface area contributed by atoms with Crippen molar-refractivity contribution in [3.8, 4) is 10.6 Å². The van der Waals surface area contributed by atoms with Crippen LogP contribution in [0.3, 0.4) is 0 Å². The molecule has 1 amide bonds. The SMILES string of the molecule is CC(C)(C)c1ccc(C(=O)Nc2ccc(I)cc2-c2nc3ccccc3s2)cc1. The second kappa shape index (κ2) is 7.88. The fraction of sp³-hybridized carbons (Fsp3) is 0.167. The molecule has 4 aromatic rings. The number of halogens is 1. The van der Waals surface area contributed by atoms with E-state index in [-0.39, 0.29) is 11.3 Å². The normalized spacial score (nSPS) is 11.6. The van der Waals surface area contributed by atoms with Crippen LogP contribution in [0.1, 0.15) is 36.7 Å². The summed E-state index contributed by atoms with van der Waals surface area (Å²) in [5, 5.41) is 3.99. The zero-order chi connectivity index (χ0) is 20.6. The molecule has 3 nitrogen and oxygen atoms in total. The summed E-state index contributed by atoms with van der Waals surface area (Å²) in [7, 11) is 0. The van der Waals surface area contributed by atoms with Crippen LogP contribution >= 0.6 is 33.9 Å². The van der Waals surface area contributed by atoms with Crippen molar-refractivity contribution in [1.82, 2.24) is 4.98 Å². The number of anilines is 1. The second-order valence-corrected chi connectivity index (χ2v) is 10.2. The number of hydrogen-bond acceptors (Lipinski definition) is 3.